The monoisotopic (exact) mass is 267 g/mol. The molecule has 1 heterocycles. The van der Waals surface area contributed by atoms with E-state index in [4.69, 9.17) is 5.73 Å². The van der Waals surface area contributed by atoms with E-state index in [1.54, 1.807) is 12.5 Å². The van der Waals surface area contributed by atoms with Crippen LogP contribution in [0.1, 0.15) is 13.8 Å². The van der Waals surface area contributed by atoms with Crippen LogP contribution in [0, 0.1) is 5.92 Å². The Morgan fingerprint density at radius 1 is 1.37 bits per heavy atom. The predicted molar refractivity (Wildman–Crippen MR) is 71.1 cm³/mol. The van der Waals surface area contributed by atoms with Gasteiger partial charge in [0.2, 0.25) is 11.8 Å². The summed E-state index contributed by atoms with van der Waals surface area (Å²) in [6.45, 7) is 4.79. The van der Waals surface area contributed by atoms with Gasteiger partial charge in [-0.2, -0.15) is 0 Å². The van der Waals surface area contributed by atoms with Crippen molar-refractivity contribution in [3.8, 4) is 0 Å². The first-order valence-corrected chi connectivity index (χ1v) is 6.26. The lowest BCUT2D eigenvalue weighted by Gasteiger charge is -2.15. The average molecular weight is 267 g/mol. The van der Waals surface area contributed by atoms with Gasteiger partial charge in [-0.15, -0.1) is 0 Å². The minimum atomic E-state index is -0.584. The summed E-state index contributed by atoms with van der Waals surface area (Å²) in [5.74, 6) is -0.492. The van der Waals surface area contributed by atoms with Crippen LogP contribution < -0.4 is 16.4 Å². The van der Waals surface area contributed by atoms with Crippen molar-refractivity contribution >= 4 is 11.8 Å². The van der Waals surface area contributed by atoms with Crippen molar-refractivity contribution in [3.63, 3.8) is 0 Å². The van der Waals surface area contributed by atoms with Gasteiger partial charge in [0.15, 0.2) is 0 Å². The molecule has 0 radical (unpaired) electrons. The summed E-state index contributed by atoms with van der Waals surface area (Å²) in [4.78, 5) is 26.9. The first kappa shape index (κ1) is 15.2. The highest BCUT2D eigenvalue weighted by molar-refractivity contribution is 5.87. The summed E-state index contributed by atoms with van der Waals surface area (Å²) in [5, 5.41) is 5.21. The highest BCUT2D eigenvalue weighted by Crippen LogP contribution is 1.97. The number of imidazole rings is 1. The zero-order valence-corrected chi connectivity index (χ0v) is 11.3. The van der Waals surface area contributed by atoms with Crippen molar-refractivity contribution in [2.45, 2.75) is 26.4 Å². The molecule has 7 heteroatoms. The summed E-state index contributed by atoms with van der Waals surface area (Å²) in [5.41, 5.74) is 5.66. The highest BCUT2D eigenvalue weighted by Gasteiger charge is 2.17. The molecule has 4 N–H and O–H groups in total. The molecule has 1 aromatic heterocycles. The molecule has 106 valence electrons. The van der Waals surface area contributed by atoms with Gasteiger partial charge in [0.25, 0.3) is 0 Å². The second-order valence-corrected chi connectivity index (χ2v) is 4.64. The third-order valence-corrected chi connectivity index (χ3v) is 2.70. The average Bonchev–Trinajstić information content (AvgIpc) is 2.88. The molecule has 0 fully saturated rings. The number of nitrogens with one attached hydrogen (secondary N) is 2. The Morgan fingerprint density at radius 2 is 2.11 bits per heavy atom. The van der Waals surface area contributed by atoms with E-state index in [2.05, 4.69) is 15.6 Å². The van der Waals surface area contributed by atoms with Gasteiger partial charge in [-0.1, -0.05) is 13.8 Å². The van der Waals surface area contributed by atoms with Gasteiger partial charge in [0.1, 0.15) is 0 Å². The van der Waals surface area contributed by atoms with Crippen LogP contribution in [0.25, 0.3) is 0 Å². The number of amides is 2. The normalized spacial score (nSPS) is 12.2. The first-order chi connectivity index (χ1) is 9.00. The van der Waals surface area contributed by atoms with Gasteiger partial charge in [0, 0.05) is 25.5 Å². The molecule has 0 unspecified atom stereocenters. The molecule has 0 saturated carbocycles. The number of nitrogens with zero attached hydrogens (tertiary/aromatic N) is 2. The van der Waals surface area contributed by atoms with E-state index in [0.717, 1.165) is 0 Å². The number of carbonyl (C=O) groups excluding carboxylic acids is 2. The van der Waals surface area contributed by atoms with Crippen LogP contribution >= 0.6 is 0 Å². The zero-order chi connectivity index (χ0) is 14.3. The third kappa shape index (κ3) is 5.52. The number of aromatic nitrogens is 2. The third-order valence-electron chi connectivity index (χ3n) is 2.70. The van der Waals surface area contributed by atoms with E-state index >= 15 is 0 Å². The molecule has 0 spiro atoms. The summed E-state index contributed by atoms with van der Waals surface area (Å²) >= 11 is 0. The Balaban J connectivity index is 2.16. The van der Waals surface area contributed by atoms with Gasteiger partial charge in [-0.05, 0) is 5.92 Å². The molecule has 0 saturated heterocycles. The minimum Gasteiger partial charge on any atom is -0.353 e. The molecule has 2 amide bonds. The number of nitrogens with two attached hydrogens (primary N) is 1. The Labute approximate surface area is 112 Å². The van der Waals surface area contributed by atoms with E-state index in [0.29, 0.717) is 13.1 Å². The van der Waals surface area contributed by atoms with E-state index in [9.17, 15) is 9.59 Å². The van der Waals surface area contributed by atoms with Crippen LogP contribution in [-0.2, 0) is 16.1 Å². The quantitative estimate of drug-likeness (QED) is 0.595. The van der Waals surface area contributed by atoms with E-state index in [1.807, 2.05) is 24.6 Å². The molecule has 0 aliphatic rings. The van der Waals surface area contributed by atoms with Crippen LogP contribution in [0.15, 0.2) is 18.7 Å². The molecule has 1 rings (SSSR count). The van der Waals surface area contributed by atoms with Gasteiger partial charge in [-0.3, -0.25) is 9.59 Å². The standard InChI is InChI=1S/C12H21N5O2/c1-9(2)11(13)12(19)16-7-10(18)15-4-6-17-5-3-14-8-17/h3,5,8-9,11H,4,6-7,13H2,1-2H3,(H,15,18)(H,16,19)/t11-/m0/s1. The van der Waals surface area contributed by atoms with Crippen molar-refractivity contribution in [1.82, 2.24) is 20.2 Å². The highest BCUT2D eigenvalue weighted by atomic mass is 16.2. The Bertz CT molecular complexity index is 402. The van der Waals surface area contributed by atoms with Crippen LogP contribution in [0.2, 0.25) is 0 Å². The molecule has 1 aromatic rings. The minimum absolute atomic E-state index is 0.0457. The van der Waals surface area contributed by atoms with Crippen LogP contribution in [0.5, 0.6) is 0 Å². The number of hydrogen-bond acceptors (Lipinski definition) is 4. The fourth-order valence-electron chi connectivity index (χ4n) is 1.39. The molecule has 0 bridgehead atoms. The number of hydrogen-bond donors (Lipinski definition) is 3. The van der Waals surface area contributed by atoms with E-state index in [-0.39, 0.29) is 24.3 Å². The molecular weight excluding hydrogens is 246 g/mol. The van der Waals surface area contributed by atoms with Crippen molar-refractivity contribution in [3.05, 3.63) is 18.7 Å². The van der Waals surface area contributed by atoms with Gasteiger partial charge in [0.05, 0.1) is 18.9 Å². The fraction of sp³-hybridized carbons (Fsp3) is 0.583. The molecule has 0 aliphatic heterocycles. The number of rotatable bonds is 7. The molecule has 1 atom stereocenters. The van der Waals surface area contributed by atoms with Crippen molar-refractivity contribution in [2.24, 2.45) is 11.7 Å². The maximum Gasteiger partial charge on any atom is 0.239 e. The van der Waals surface area contributed by atoms with Crippen molar-refractivity contribution in [1.29, 1.82) is 0 Å². The fourth-order valence-corrected chi connectivity index (χ4v) is 1.39. The Hall–Kier alpha value is -1.89. The smallest absolute Gasteiger partial charge is 0.239 e. The summed E-state index contributed by atoms with van der Waals surface area (Å²) < 4.78 is 1.85. The second kappa shape index (κ2) is 7.52. The van der Waals surface area contributed by atoms with Crippen molar-refractivity contribution < 1.29 is 9.59 Å². The summed E-state index contributed by atoms with van der Waals surface area (Å²) in [7, 11) is 0. The second-order valence-electron chi connectivity index (χ2n) is 4.64. The lowest BCUT2D eigenvalue weighted by atomic mass is 10.1. The Kier molecular flexibility index (Phi) is 6.01. The molecule has 7 nitrogen and oxygen atoms in total. The van der Waals surface area contributed by atoms with Crippen molar-refractivity contribution in [2.75, 3.05) is 13.1 Å². The SMILES string of the molecule is CC(C)[C@H](N)C(=O)NCC(=O)NCCn1ccnc1. The Morgan fingerprint density at radius 3 is 2.68 bits per heavy atom. The molecule has 0 aromatic carbocycles. The summed E-state index contributed by atoms with van der Waals surface area (Å²) in [6, 6.07) is -0.584. The summed E-state index contributed by atoms with van der Waals surface area (Å²) in [6.07, 6.45) is 5.17. The molecule has 19 heavy (non-hydrogen) atoms. The lowest BCUT2D eigenvalue weighted by Crippen LogP contribution is -2.47. The topological polar surface area (TPSA) is 102 Å². The maximum absolute atomic E-state index is 11.5. The van der Waals surface area contributed by atoms with E-state index in [1.165, 1.54) is 0 Å². The van der Waals surface area contributed by atoms with Gasteiger partial charge >= 0.3 is 0 Å². The maximum atomic E-state index is 11.5. The van der Waals surface area contributed by atoms with Gasteiger partial charge < -0.3 is 20.9 Å². The van der Waals surface area contributed by atoms with Crippen LogP contribution in [-0.4, -0.2) is 40.5 Å². The lowest BCUT2D eigenvalue weighted by molar-refractivity contribution is -0.127. The van der Waals surface area contributed by atoms with E-state index < -0.39 is 6.04 Å². The molecular formula is C12H21N5O2. The van der Waals surface area contributed by atoms with Gasteiger partial charge in [-0.25, -0.2) is 4.98 Å². The van der Waals surface area contributed by atoms with Crippen LogP contribution in [0.4, 0.5) is 0 Å². The first-order valence-electron chi connectivity index (χ1n) is 6.26. The largest absolute Gasteiger partial charge is 0.353 e. The predicted octanol–water partition coefficient (Wildman–Crippen LogP) is -0.901. The molecule has 0 aliphatic carbocycles. The van der Waals surface area contributed by atoms with Crippen LogP contribution in [0.3, 0.4) is 0 Å². The number of carbonyl (C=O) groups is 2. The zero-order valence-electron chi connectivity index (χ0n) is 11.3.